The number of ether oxygens (including phenoxy) is 4. The zero-order valence-corrected chi connectivity index (χ0v) is 26.7. The van der Waals surface area contributed by atoms with Crippen molar-refractivity contribution in [2.45, 2.75) is 6.92 Å². The molecule has 0 saturated heterocycles. The van der Waals surface area contributed by atoms with Gasteiger partial charge >= 0.3 is 5.97 Å². The zero-order valence-electron chi connectivity index (χ0n) is 26.7. The molecule has 0 spiro atoms. The molecule has 0 aromatic heterocycles. The van der Waals surface area contributed by atoms with Crippen molar-refractivity contribution in [3.05, 3.63) is 120 Å². The van der Waals surface area contributed by atoms with E-state index in [1.807, 2.05) is 72.8 Å². The molecule has 0 unspecified atom stereocenters. The monoisotopic (exact) mass is 632 g/mol. The molecular formula is C41H32N2O5. The van der Waals surface area contributed by atoms with Crippen LogP contribution < -0.4 is 9.47 Å². The van der Waals surface area contributed by atoms with Crippen molar-refractivity contribution >= 4 is 27.5 Å². The average molecular weight is 633 g/mol. The molecule has 0 aliphatic heterocycles. The summed E-state index contributed by atoms with van der Waals surface area (Å²) in [6, 6.07) is 39.9. The van der Waals surface area contributed by atoms with Gasteiger partial charge in [0.15, 0.2) is 0 Å². The van der Waals surface area contributed by atoms with E-state index in [4.69, 9.17) is 18.9 Å². The van der Waals surface area contributed by atoms with Crippen molar-refractivity contribution in [3.63, 3.8) is 0 Å². The van der Waals surface area contributed by atoms with E-state index in [0.29, 0.717) is 35.8 Å². The van der Waals surface area contributed by atoms with Crippen molar-refractivity contribution in [2.24, 2.45) is 0 Å². The van der Waals surface area contributed by atoms with E-state index in [2.05, 4.69) is 36.4 Å². The van der Waals surface area contributed by atoms with Gasteiger partial charge in [-0.05, 0) is 92.3 Å². The third-order valence-corrected chi connectivity index (χ3v) is 8.05. The summed E-state index contributed by atoms with van der Waals surface area (Å²) < 4.78 is 23.1. The van der Waals surface area contributed by atoms with Crippen LogP contribution in [0.25, 0.3) is 54.9 Å². The predicted molar refractivity (Wildman–Crippen MR) is 187 cm³/mol. The highest BCUT2D eigenvalue weighted by Gasteiger charge is 2.20. The van der Waals surface area contributed by atoms with Gasteiger partial charge in [-0.3, -0.25) is 4.79 Å². The average Bonchev–Trinajstić information content (AvgIpc) is 3.12. The van der Waals surface area contributed by atoms with Gasteiger partial charge in [-0.2, -0.15) is 10.5 Å². The molecule has 7 heteroatoms. The van der Waals surface area contributed by atoms with Crippen LogP contribution in [-0.2, 0) is 14.3 Å². The number of methoxy groups -OCH3 is 1. The van der Waals surface area contributed by atoms with Crippen molar-refractivity contribution in [1.82, 2.24) is 0 Å². The van der Waals surface area contributed by atoms with Gasteiger partial charge in [0.05, 0.1) is 29.9 Å². The normalized spacial score (nSPS) is 10.8. The summed E-state index contributed by atoms with van der Waals surface area (Å²) in [7, 11) is 1.64. The van der Waals surface area contributed by atoms with Crippen LogP contribution in [0.15, 0.2) is 109 Å². The molecule has 6 rings (SSSR count). The second kappa shape index (κ2) is 14.5. The number of fused-ring (bicyclic) bond motifs is 2. The van der Waals surface area contributed by atoms with E-state index >= 15 is 0 Å². The third kappa shape index (κ3) is 6.83. The van der Waals surface area contributed by atoms with Gasteiger partial charge in [-0.15, -0.1) is 0 Å². The quantitative estimate of drug-likeness (QED) is 0.104. The SMILES string of the molecule is COCCOc1ccc2cc(-c3cccc(C#N)c3)ccc2c1-c1c(OCCOC(C)=O)ccc2cc(-c3cccc(C#N)c3)ccc12. The lowest BCUT2D eigenvalue weighted by Gasteiger charge is -2.20. The van der Waals surface area contributed by atoms with E-state index in [1.54, 1.807) is 19.2 Å². The van der Waals surface area contributed by atoms with Crippen LogP contribution in [0.4, 0.5) is 0 Å². The van der Waals surface area contributed by atoms with Crippen LogP contribution in [0.3, 0.4) is 0 Å². The van der Waals surface area contributed by atoms with Crippen LogP contribution in [-0.4, -0.2) is 39.5 Å². The topological polar surface area (TPSA) is 102 Å². The molecule has 48 heavy (non-hydrogen) atoms. The summed E-state index contributed by atoms with van der Waals surface area (Å²) in [5, 5.41) is 22.8. The van der Waals surface area contributed by atoms with E-state index in [1.165, 1.54) is 6.92 Å². The Hall–Kier alpha value is -6.15. The predicted octanol–water partition coefficient (Wildman–Crippen LogP) is 8.70. The van der Waals surface area contributed by atoms with E-state index in [9.17, 15) is 15.3 Å². The zero-order chi connectivity index (χ0) is 33.5. The second-order valence-electron chi connectivity index (χ2n) is 11.2. The summed E-state index contributed by atoms with van der Waals surface area (Å²) in [5.74, 6) is 0.912. The van der Waals surface area contributed by atoms with Crippen LogP contribution in [0.1, 0.15) is 18.1 Å². The lowest BCUT2D eigenvalue weighted by molar-refractivity contribution is -0.141. The lowest BCUT2D eigenvalue weighted by Crippen LogP contribution is -2.10. The van der Waals surface area contributed by atoms with Crippen LogP contribution in [0, 0.1) is 22.7 Å². The van der Waals surface area contributed by atoms with E-state index < -0.39 is 0 Å². The summed E-state index contributed by atoms with van der Waals surface area (Å²) in [4.78, 5) is 11.5. The molecule has 0 N–H and O–H groups in total. The van der Waals surface area contributed by atoms with Crippen molar-refractivity contribution in [2.75, 3.05) is 33.5 Å². The molecule has 236 valence electrons. The summed E-state index contributed by atoms with van der Waals surface area (Å²) >= 11 is 0. The van der Waals surface area contributed by atoms with Gasteiger partial charge in [-0.1, -0.05) is 60.7 Å². The highest BCUT2D eigenvalue weighted by Crippen LogP contribution is 2.46. The summed E-state index contributed by atoms with van der Waals surface area (Å²) in [5.41, 5.74) is 6.74. The Kier molecular flexibility index (Phi) is 9.62. The molecular weight excluding hydrogens is 600 g/mol. The lowest BCUT2D eigenvalue weighted by atomic mass is 9.89. The molecule has 0 fully saturated rings. The van der Waals surface area contributed by atoms with Crippen LogP contribution in [0.5, 0.6) is 11.5 Å². The Morgan fingerprint density at radius 2 is 1.06 bits per heavy atom. The van der Waals surface area contributed by atoms with Gasteiger partial charge in [0.25, 0.3) is 0 Å². The first-order valence-corrected chi connectivity index (χ1v) is 15.5. The fraction of sp³-hybridized carbons (Fsp3) is 0.146. The molecule has 0 heterocycles. The maximum Gasteiger partial charge on any atom is 0.302 e. The first-order chi connectivity index (χ1) is 23.5. The third-order valence-electron chi connectivity index (χ3n) is 8.05. The fourth-order valence-electron chi connectivity index (χ4n) is 5.84. The van der Waals surface area contributed by atoms with Gasteiger partial charge in [0, 0.05) is 25.2 Å². The minimum Gasteiger partial charge on any atom is -0.491 e. The largest absolute Gasteiger partial charge is 0.491 e. The molecule has 0 saturated carbocycles. The molecule has 0 amide bonds. The Labute approximate surface area is 279 Å². The van der Waals surface area contributed by atoms with E-state index in [-0.39, 0.29) is 19.2 Å². The smallest absolute Gasteiger partial charge is 0.302 e. The van der Waals surface area contributed by atoms with Crippen molar-refractivity contribution in [3.8, 4) is 57.0 Å². The summed E-state index contributed by atoms with van der Waals surface area (Å²) in [6.45, 7) is 2.41. The van der Waals surface area contributed by atoms with Crippen molar-refractivity contribution < 1.29 is 23.7 Å². The van der Waals surface area contributed by atoms with Gasteiger partial charge in [0.2, 0.25) is 0 Å². The molecule has 0 radical (unpaired) electrons. The first-order valence-electron chi connectivity index (χ1n) is 15.5. The highest BCUT2D eigenvalue weighted by atomic mass is 16.6. The number of benzene rings is 6. The molecule has 6 aromatic rings. The van der Waals surface area contributed by atoms with Crippen LogP contribution in [0.2, 0.25) is 0 Å². The Morgan fingerprint density at radius 3 is 1.52 bits per heavy atom. The minimum absolute atomic E-state index is 0.110. The molecule has 7 nitrogen and oxygen atoms in total. The summed E-state index contributed by atoms with van der Waals surface area (Å²) in [6.07, 6.45) is 0. The number of carbonyl (C=O) groups excluding carboxylic acids is 1. The first kappa shape index (κ1) is 31.8. The molecule has 0 aliphatic rings. The number of hydrogen-bond acceptors (Lipinski definition) is 7. The Bertz CT molecular complexity index is 2230. The minimum atomic E-state index is -0.371. The Balaban J connectivity index is 1.56. The number of rotatable bonds is 11. The highest BCUT2D eigenvalue weighted by molar-refractivity contribution is 6.11. The number of nitriles is 2. The standard InChI is InChI=1S/C41H32N2O5/c1-27(44)46-19-20-48-39-16-12-35-24-33(31-8-4-6-29(22-31)26-43)10-14-37(35)41(39)40-36-13-9-32(30-7-3-5-28(21-30)25-42)23-34(36)11-15-38(40)47-18-17-45-2/h3-16,21-24H,17-20H2,1-2H3. The second-order valence-corrected chi connectivity index (χ2v) is 11.2. The number of nitrogens with zero attached hydrogens (tertiary/aromatic N) is 2. The molecule has 0 aliphatic carbocycles. The van der Waals surface area contributed by atoms with E-state index in [0.717, 1.165) is 54.9 Å². The van der Waals surface area contributed by atoms with Gasteiger partial charge in [0.1, 0.15) is 31.3 Å². The number of hydrogen-bond donors (Lipinski definition) is 0. The van der Waals surface area contributed by atoms with Crippen LogP contribution >= 0.6 is 0 Å². The maximum atomic E-state index is 11.5. The fourth-order valence-corrected chi connectivity index (χ4v) is 5.84. The van der Waals surface area contributed by atoms with Gasteiger partial charge < -0.3 is 18.9 Å². The molecule has 6 aromatic carbocycles. The van der Waals surface area contributed by atoms with Crippen molar-refractivity contribution in [1.29, 1.82) is 10.5 Å². The number of esters is 1. The maximum absolute atomic E-state index is 11.5. The molecule has 0 atom stereocenters. The van der Waals surface area contributed by atoms with Gasteiger partial charge in [-0.25, -0.2) is 0 Å². The molecule has 0 bridgehead atoms. The Morgan fingerprint density at radius 1 is 0.583 bits per heavy atom. The number of carbonyl (C=O) groups is 1.